The zero-order chi connectivity index (χ0) is 17.6. The molecule has 1 aliphatic rings. The topological polar surface area (TPSA) is 79.2 Å². The van der Waals surface area contributed by atoms with Crippen LogP contribution in [-0.2, 0) is 9.47 Å². The molecule has 0 saturated carbocycles. The molecule has 0 radical (unpaired) electrons. The number of ether oxygens (including phenoxy) is 2. The molecule has 4 atom stereocenters. The fraction of sp³-hybridized carbons (Fsp3) is 0.895. The summed E-state index contributed by atoms with van der Waals surface area (Å²) in [7, 11) is 0. The standard InChI is InChI=1S/C19H36O5/c1-2-3-4-5-6-7-8-9-10-11-12-13-23-15-17-19(22)18(21)16(20)14-24-17/h9-10,16-22H,2-8,11-15H2,1H3/b10-9+/t16-,17+,18+,19+/m0/s1. The largest absolute Gasteiger partial charge is 0.388 e. The molecule has 3 N–H and O–H groups in total. The maximum absolute atomic E-state index is 9.77. The van der Waals surface area contributed by atoms with Gasteiger partial charge in [-0.25, -0.2) is 0 Å². The summed E-state index contributed by atoms with van der Waals surface area (Å²) in [5, 5.41) is 28.7. The Bertz CT molecular complexity index is 321. The SMILES string of the molecule is CCCCCCCC/C=C/CCCOC[C@H]1OC[C@H](O)[C@@H](O)[C@@H]1O. The molecule has 1 rings (SSSR count). The minimum Gasteiger partial charge on any atom is -0.388 e. The van der Waals surface area contributed by atoms with Crippen molar-refractivity contribution in [1.82, 2.24) is 0 Å². The molecule has 0 aliphatic carbocycles. The fourth-order valence-electron chi connectivity index (χ4n) is 2.79. The van der Waals surface area contributed by atoms with Crippen LogP contribution in [0.2, 0.25) is 0 Å². The Hall–Kier alpha value is -0.460. The predicted molar refractivity (Wildman–Crippen MR) is 94.9 cm³/mol. The van der Waals surface area contributed by atoms with Gasteiger partial charge in [0.25, 0.3) is 0 Å². The van der Waals surface area contributed by atoms with E-state index in [9.17, 15) is 15.3 Å². The van der Waals surface area contributed by atoms with Gasteiger partial charge in [0.15, 0.2) is 0 Å². The first-order chi connectivity index (χ1) is 11.7. The monoisotopic (exact) mass is 344 g/mol. The summed E-state index contributed by atoms with van der Waals surface area (Å²) < 4.78 is 10.8. The van der Waals surface area contributed by atoms with E-state index in [1.165, 1.54) is 38.5 Å². The summed E-state index contributed by atoms with van der Waals surface area (Å²) in [5.74, 6) is 0. The highest BCUT2D eigenvalue weighted by Gasteiger charge is 2.37. The van der Waals surface area contributed by atoms with Crippen molar-refractivity contribution in [3.63, 3.8) is 0 Å². The molecule has 0 aromatic carbocycles. The van der Waals surface area contributed by atoms with Crippen molar-refractivity contribution in [3.8, 4) is 0 Å². The molecule has 24 heavy (non-hydrogen) atoms. The second-order valence-electron chi connectivity index (χ2n) is 6.67. The van der Waals surface area contributed by atoms with Crippen LogP contribution in [0.15, 0.2) is 12.2 Å². The smallest absolute Gasteiger partial charge is 0.111 e. The van der Waals surface area contributed by atoms with Crippen molar-refractivity contribution in [2.75, 3.05) is 19.8 Å². The third kappa shape index (κ3) is 9.14. The summed E-state index contributed by atoms with van der Waals surface area (Å²) in [4.78, 5) is 0. The molecule has 0 unspecified atom stereocenters. The average molecular weight is 344 g/mol. The van der Waals surface area contributed by atoms with Gasteiger partial charge >= 0.3 is 0 Å². The van der Waals surface area contributed by atoms with E-state index in [0.29, 0.717) is 6.61 Å². The van der Waals surface area contributed by atoms with Gasteiger partial charge in [-0.3, -0.25) is 0 Å². The van der Waals surface area contributed by atoms with Crippen molar-refractivity contribution in [2.45, 2.75) is 89.1 Å². The molecular weight excluding hydrogens is 308 g/mol. The summed E-state index contributed by atoms with van der Waals surface area (Å²) >= 11 is 0. The lowest BCUT2D eigenvalue weighted by molar-refractivity contribution is -0.199. The van der Waals surface area contributed by atoms with Gasteiger partial charge in [-0.15, -0.1) is 0 Å². The first-order valence-corrected chi connectivity index (χ1v) is 9.55. The Balaban J connectivity index is 1.91. The van der Waals surface area contributed by atoms with Gasteiger partial charge in [0.1, 0.15) is 24.4 Å². The maximum atomic E-state index is 9.77. The number of hydrogen-bond donors (Lipinski definition) is 3. The Morgan fingerprint density at radius 2 is 1.58 bits per heavy atom. The molecule has 0 aromatic rings. The van der Waals surface area contributed by atoms with Crippen LogP contribution in [0.3, 0.4) is 0 Å². The zero-order valence-electron chi connectivity index (χ0n) is 15.1. The lowest BCUT2D eigenvalue weighted by Gasteiger charge is -2.35. The van der Waals surface area contributed by atoms with E-state index in [2.05, 4.69) is 19.1 Å². The van der Waals surface area contributed by atoms with E-state index in [0.717, 1.165) is 19.3 Å². The summed E-state index contributed by atoms with van der Waals surface area (Å²) in [6, 6.07) is 0. The Morgan fingerprint density at radius 1 is 0.917 bits per heavy atom. The van der Waals surface area contributed by atoms with Crippen molar-refractivity contribution in [2.24, 2.45) is 0 Å². The molecular formula is C19H36O5. The van der Waals surface area contributed by atoms with E-state index >= 15 is 0 Å². The van der Waals surface area contributed by atoms with E-state index < -0.39 is 24.4 Å². The number of aliphatic hydroxyl groups is 3. The Morgan fingerprint density at radius 3 is 2.33 bits per heavy atom. The van der Waals surface area contributed by atoms with Crippen LogP contribution < -0.4 is 0 Å². The Labute approximate surface area is 146 Å². The molecule has 1 aliphatic heterocycles. The average Bonchev–Trinajstić information content (AvgIpc) is 2.58. The van der Waals surface area contributed by atoms with Crippen molar-refractivity contribution < 1.29 is 24.8 Å². The molecule has 0 aromatic heterocycles. The van der Waals surface area contributed by atoms with Gasteiger partial charge in [0.05, 0.1) is 13.2 Å². The minimum absolute atomic E-state index is 0.0352. The van der Waals surface area contributed by atoms with Crippen LogP contribution in [0.4, 0.5) is 0 Å². The second kappa shape index (κ2) is 13.8. The lowest BCUT2D eigenvalue weighted by atomic mass is 10.0. The van der Waals surface area contributed by atoms with Crippen molar-refractivity contribution in [3.05, 3.63) is 12.2 Å². The summed E-state index contributed by atoms with van der Waals surface area (Å²) in [5.41, 5.74) is 0. The van der Waals surface area contributed by atoms with Crippen LogP contribution in [-0.4, -0.2) is 59.6 Å². The van der Waals surface area contributed by atoms with Crippen LogP contribution in [0.1, 0.15) is 64.7 Å². The van der Waals surface area contributed by atoms with E-state index in [1.54, 1.807) is 0 Å². The maximum Gasteiger partial charge on any atom is 0.111 e. The van der Waals surface area contributed by atoms with Gasteiger partial charge in [0, 0.05) is 6.61 Å². The predicted octanol–water partition coefficient (Wildman–Crippen LogP) is 2.57. The van der Waals surface area contributed by atoms with E-state index in [1.807, 2.05) is 0 Å². The number of aliphatic hydroxyl groups excluding tert-OH is 3. The minimum atomic E-state index is -1.16. The number of unbranched alkanes of at least 4 members (excludes halogenated alkanes) is 7. The first-order valence-electron chi connectivity index (χ1n) is 9.55. The van der Waals surface area contributed by atoms with Gasteiger partial charge in [-0.2, -0.15) is 0 Å². The zero-order valence-corrected chi connectivity index (χ0v) is 15.1. The number of rotatable bonds is 13. The number of allylic oxidation sites excluding steroid dienone is 2. The molecule has 5 heteroatoms. The summed E-state index contributed by atoms with van der Waals surface area (Å²) in [6.07, 6.45) is 11.7. The quantitative estimate of drug-likeness (QED) is 0.353. The van der Waals surface area contributed by atoms with Gasteiger partial charge in [0.2, 0.25) is 0 Å². The molecule has 1 heterocycles. The van der Waals surface area contributed by atoms with E-state index in [-0.39, 0.29) is 13.2 Å². The van der Waals surface area contributed by atoms with Gasteiger partial charge in [-0.1, -0.05) is 51.2 Å². The fourth-order valence-corrected chi connectivity index (χ4v) is 2.79. The highest BCUT2D eigenvalue weighted by atomic mass is 16.6. The molecule has 0 bridgehead atoms. The number of hydrogen-bond acceptors (Lipinski definition) is 5. The third-order valence-corrected chi connectivity index (χ3v) is 4.44. The van der Waals surface area contributed by atoms with Gasteiger partial charge < -0.3 is 24.8 Å². The normalized spacial score (nSPS) is 27.8. The molecule has 0 spiro atoms. The van der Waals surface area contributed by atoms with Crippen LogP contribution in [0.5, 0.6) is 0 Å². The molecule has 0 amide bonds. The van der Waals surface area contributed by atoms with E-state index in [4.69, 9.17) is 9.47 Å². The molecule has 1 fully saturated rings. The second-order valence-corrected chi connectivity index (χ2v) is 6.67. The van der Waals surface area contributed by atoms with Crippen molar-refractivity contribution in [1.29, 1.82) is 0 Å². The highest BCUT2D eigenvalue weighted by molar-refractivity contribution is 4.86. The summed E-state index contributed by atoms with van der Waals surface area (Å²) in [6.45, 7) is 3.12. The Kier molecular flexibility index (Phi) is 12.4. The van der Waals surface area contributed by atoms with Crippen LogP contribution >= 0.6 is 0 Å². The first kappa shape index (κ1) is 21.6. The highest BCUT2D eigenvalue weighted by Crippen LogP contribution is 2.16. The van der Waals surface area contributed by atoms with Gasteiger partial charge in [-0.05, 0) is 25.7 Å². The molecule has 142 valence electrons. The third-order valence-electron chi connectivity index (χ3n) is 4.44. The molecule has 1 saturated heterocycles. The molecule has 5 nitrogen and oxygen atoms in total. The van der Waals surface area contributed by atoms with Crippen LogP contribution in [0.25, 0.3) is 0 Å². The lowest BCUT2D eigenvalue weighted by Crippen LogP contribution is -2.54. The van der Waals surface area contributed by atoms with Crippen LogP contribution in [0, 0.1) is 0 Å². The van der Waals surface area contributed by atoms with Crippen molar-refractivity contribution >= 4 is 0 Å².